The van der Waals surface area contributed by atoms with E-state index in [-0.39, 0.29) is 30.0 Å². The summed E-state index contributed by atoms with van der Waals surface area (Å²) in [4.78, 5) is 27.5. The van der Waals surface area contributed by atoms with Gasteiger partial charge in [-0.25, -0.2) is 4.79 Å². The molecule has 0 saturated heterocycles. The molecule has 132 valence electrons. The second-order valence-electron chi connectivity index (χ2n) is 7.01. The largest absolute Gasteiger partial charge is 0.346 e. The third-order valence-electron chi connectivity index (χ3n) is 4.63. The van der Waals surface area contributed by atoms with Gasteiger partial charge in [-0.2, -0.15) is 0 Å². The molecule has 0 spiro atoms. The van der Waals surface area contributed by atoms with Gasteiger partial charge in [-0.3, -0.25) is 9.36 Å². The fourth-order valence-electron chi connectivity index (χ4n) is 3.23. The Labute approximate surface area is 147 Å². The number of aromatic nitrogens is 2. The second kappa shape index (κ2) is 6.99. The maximum atomic E-state index is 12.3. The smallest absolute Gasteiger partial charge is 0.326 e. The van der Waals surface area contributed by atoms with Crippen LogP contribution in [0.2, 0.25) is 0 Å². The molecule has 1 aliphatic carbocycles. The molecule has 7 heteroatoms. The number of aromatic amines is 1. The van der Waals surface area contributed by atoms with E-state index in [9.17, 15) is 9.59 Å². The van der Waals surface area contributed by atoms with Crippen LogP contribution in [0.5, 0.6) is 0 Å². The van der Waals surface area contributed by atoms with E-state index >= 15 is 0 Å². The number of imidazole rings is 1. The van der Waals surface area contributed by atoms with Crippen molar-refractivity contribution in [2.45, 2.75) is 51.1 Å². The summed E-state index contributed by atoms with van der Waals surface area (Å²) in [7, 11) is 0. The molecule has 1 aromatic heterocycles. The molecule has 2 aromatic rings. The quantitative estimate of drug-likeness (QED) is 0.788. The first-order chi connectivity index (χ1) is 10.9. The Morgan fingerprint density at radius 1 is 1.38 bits per heavy atom. The lowest BCUT2D eigenvalue weighted by Gasteiger charge is -2.24. The number of nitrogens with two attached hydrogens (primary N) is 1. The van der Waals surface area contributed by atoms with Gasteiger partial charge in [0.15, 0.2) is 0 Å². The minimum absolute atomic E-state index is 0. The maximum Gasteiger partial charge on any atom is 0.326 e. The van der Waals surface area contributed by atoms with Crippen molar-refractivity contribution in [3.05, 3.63) is 34.2 Å². The molecule has 0 atom stereocenters. The molecule has 0 bridgehead atoms. The Balaban J connectivity index is 0.00000208. The number of H-pyrrole nitrogens is 1. The molecule has 1 heterocycles. The predicted molar refractivity (Wildman–Crippen MR) is 97.9 cm³/mol. The van der Waals surface area contributed by atoms with E-state index in [0.717, 1.165) is 18.4 Å². The third kappa shape index (κ3) is 3.49. The van der Waals surface area contributed by atoms with Crippen molar-refractivity contribution in [3.63, 3.8) is 0 Å². The lowest BCUT2D eigenvalue weighted by Crippen LogP contribution is -2.48. The first-order valence-corrected chi connectivity index (χ1v) is 8.18. The zero-order valence-corrected chi connectivity index (χ0v) is 14.9. The first-order valence-electron chi connectivity index (χ1n) is 8.18. The van der Waals surface area contributed by atoms with E-state index in [4.69, 9.17) is 5.73 Å². The number of nitrogens with zero attached hydrogens (tertiary/aromatic N) is 1. The van der Waals surface area contributed by atoms with Gasteiger partial charge in [0.2, 0.25) is 0 Å². The van der Waals surface area contributed by atoms with Gasteiger partial charge in [0.05, 0.1) is 11.0 Å². The third-order valence-corrected chi connectivity index (χ3v) is 4.63. The predicted octanol–water partition coefficient (Wildman–Crippen LogP) is 2.33. The highest BCUT2D eigenvalue weighted by molar-refractivity contribution is 5.97. The average molecular weight is 353 g/mol. The minimum Gasteiger partial charge on any atom is -0.346 e. The lowest BCUT2D eigenvalue weighted by molar-refractivity contribution is 0.0916. The van der Waals surface area contributed by atoms with Crippen molar-refractivity contribution < 1.29 is 4.79 Å². The number of benzene rings is 1. The van der Waals surface area contributed by atoms with Crippen molar-refractivity contribution in [2.24, 2.45) is 5.73 Å². The summed E-state index contributed by atoms with van der Waals surface area (Å²) in [6.07, 6.45) is 4.41. The summed E-state index contributed by atoms with van der Waals surface area (Å²) in [5.74, 6) is -0.184. The molecule has 1 saturated carbocycles. The first kappa shape index (κ1) is 18.5. The van der Waals surface area contributed by atoms with Crippen molar-refractivity contribution in [3.8, 4) is 0 Å². The molecule has 4 N–H and O–H groups in total. The zero-order chi connectivity index (χ0) is 16.6. The molecule has 1 amide bonds. The molecule has 3 rings (SSSR count). The average Bonchev–Trinajstić information content (AvgIpc) is 3.12. The normalized spacial score (nSPS) is 15.5. The van der Waals surface area contributed by atoms with Gasteiger partial charge in [0.25, 0.3) is 5.91 Å². The van der Waals surface area contributed by atoms with Crippen molar-refractivity contribution in [1.82, 2.24) is 14.9 Å². The minimum atomic E-state index is -0.463. The van der Waals surface area contributed by atoms with E-state index in [1.165, 1.54) is 12.8 Å². The zero-order valence-electron chi connectivity index (χ0n) is 14.1. The fraction of sp³-hybridized carbons (Fsp3) is 0.529. The van der Waals surface area contributed by atoms with Crippen LogP contribution < -0.4 is 16.7 Å². The number of carbonyl (C=O) groups excluding carboxylic acids is 1. The summed E-state index contributed by atoms with van der Waals surface area (Å²) >= 11 is 0. The number of hydrogen-bond donors (Lipinski definition) is 3. The van der Waals surface area contributed by atoms with Crippen LogP contribution in [0.4, 0.5) is 0 Å². The van der Waals surface area contributed by atoms with E-state index in [1.807, 2.05) is 24.5 Å². The van der Waals surface area contributed by atoms with Crippen molar-refractivity contribution in [2.75, 3.05) is 6.54 Å². The number of rotatable bonds is 4. The van der Waals surface area contributed by atoms with Crippen LogP contribution in [0.3, 0.4) is 0 Å². The highest BCUT2D eigenvalue weighted by atomic mass is 35.5. The Morgan fingerprint density at radius 2 is 2.04 bits per heavy atom. The number of amides is 1. The van der Waals surface area contributed by atoms with Crippen LogP contribution in [0.15, 0.2) is 23.0 Å². The fourth-order valence-corrected chi connectivity index (χ4v) is 3.23. The highest BCUT2D eigenvalue weighted by Crippen LogP contribution is 2.30. The number of carbonyl (C=O) groups is 1. The van der Waals surface area contributed by atoms with Crippen LogP contribution in [0.25, 0.3) is 11.0 Å². The summed E-state index contributed by atoms with van der Waals surface area (Å²) in [6.45, 7) is 4.11. The molecule has 1 aromatic carbocycles. The number of hydrogen-bond acceptors (Lipinski definition) is 3. The van der Waals surface area contributed by atoms with Gasteiger partial charge in [-0.15, -0.1) is 12.4 Å². The van der Waals surface area contributed by atoms with E-state index in [0.29, 0.717) is 17.6 Å². The van der Waals surface area contributed by atoms with Gasteiger partial charge in [-0.1, -0.05) is 12.8 Å². The van der Waals surface area contributed by atoms with Gasteiger partial charge < -0.3 is 16.0 Å². The summed E-state index contributed by atoms with van der Waals surface area (Å²) < 4.78 is 1.84. The van der Waals surface area contributed by atoms with Crippen LogP contribution in [0, 0.1) is 0 Å². The molecule has 24 heavy (non-hydrogen) atoms. The van der Waals surface area contributed by atoms with Gasteiger partial charge >= 0.3 is 5.69 Å². The van der Waals surface area contributed by atoms with Gasteiger partial charge in [0.1, 0.15) is 0 Å². The number of halogens is 1. The molecular formula is C17H25ClN4O2. The molecule has 1 aliphatic rings. The van der Waals surface area contributed by atoms with Gasteiger partial charge in [0, 0.05) is 23.7 Å². The molecule has 0 aliphatic heterocycles. The van der Waals surface area contributed by atoms with E-state index in [1.54, 1.807) is 12.1 Å². The molecule has 6 nitrogen and oxygen atoms in total. The second-order valence-corrected chi connectivity index (χ2v) is 7.01. The highest BCUT2D eigenvalue weighted by Gasteiger charge is 2.23. The molecule has 0 unspecified atom stereocenters. The summed E-state index contributed by atoms with van der Waals surface area (Å²) in [5, 5.41) is 2.90. The van der Waals surface area contributed by atoms with E-state index < -0.39 is 5.54 Å². The van der Waals surface area contributed by atoms with Crippen LogP contribution in [0.1, 0.15) is 55.9 Å². The molecular weight excluding hydrogens is 328 g/mol. The number of nitrogens with one attached hydrogen (secondary N) is 2. The Kier molecular flexibility index (Phi) is 5.40. The lowest BCUT2D eigenvalue weighted by atomic mass is 10.0. The SMILES string of the molecule is CC(C)(CN)NC(=O)c1ccc2c(c1)[nH]c(=O)n2C1CCCC1.Cl. The molecule has 0 radical (unpaired) electrons. The Morgan fingerprint density at radius 3 is 2.67 bits per heavy atom. The van der Waals surface area contributed by atoms with E-state index in [2.05, 4.69) is 10.3 Å². The van der Waals surface area contributed by atoms with Crippen LogP contribution in [-0.2, 0) is 0 Å². The van der Waals surface area contributed by atoms with Gasteiger partial charge in [-0.05, 0) is 44.9 Å². The summed E-state index contributed by atoms with van der Waals surface area (Å²) in [6, 6.07) is 5.63. The van der Waals surface area contributed by atoms with Crippen molar-refractivity contribution >= 4 is 29.3 Å². The summed E-state index contributed by atoms with van der Waals surface area (Å²) in [5.41, 5.74) is 7.20. The molecule has 1 fully saturated rings. The standard InChI is InChI=1S/C17H24N4O2.ClH/c1-17(2,10-18)20-15(22)11-7-8-14-13(9-11)19-16(23)21(14)12-5-3-4-6-12;/h7-9,12H,3-6,10,18H2,1-2H3,(H,19,23)(H,20,22);1H. The van der Waals surface area contributed by atoms with Crippen LogP contribution >= 0.6 is 12.4 Å². The maximum absolute atomic E-state index is 12.3. The monoisotopic (exact) mass is 352 g/mol. The Bertz CT molecular complexity index is 787. The van der Waals surface area contributed by atoms with Crippen LogP contribution in [-0.4, -0.2) is 27.5 Å². The topological polar surface area (TPSA) is 92.9 Å². The van der Waals surface area contributed by atoms with Crippen molar-refractivity contribution in [1.29, 1.82) is 0 Å². The number of fused-ring (bicyclic) bond motifs is 1. The Hall–Kier alpha value is -1.79.